The molecule has 128 valence electrons. The van der Waals surface area contributed by atoms with Gasteiger partial charge in [0.25, 0.3) is 5.91 Å². The van der Waals surface area contributed by atoms with Crippen LogP contribution in [0.2, 0.25) is 0 Å². The van der Waals surface area contributed by atoms with E-state index < -0.39 is 6.10 Å². The number of hydrogen-bond donors (Lipinski definition) is 1. The third kappa shape index (κ3) is 5.41. The SMILES string of the molecule is Cc1ccc(C)c(O[C@H](C)C(=O)N[C@H](C)CCc2ccccc2)c1. The zero-order chi connectivity index (χ0) is 17.5. The Labute approximate surface area is 145 Å². The van der Waals surface area contributed by atoms with Gasteiger partial charge in [-0.1, -0.05) is 42.5 Å². The molecule has 0 spiro atoms. The van der Waals surface area contributed by atoms with E-state index in [4.69, 9.17) is 4.74 Å². The minimum atomic E-state index is -0.510. The summed E-state index contributed by atoms with van der Waals surface area (Å²) >= 11 is 0. The van der Waals surface area contributed by atoms with Gasteiger partial charge >= 0.3 is 0 Å². The molecule has 0 heterocycles. The summed E-state index contributed by atoms with van der Waals surface area (Å²) in [5.74, 6) is 0.700. The van der Waals surface area contributed by atoms with Crippen molar-refractivity contribution in [1.29, 1.82) is 0 Å². The van der Waals surface area contributed by atoms with Crippen LogP contribution in [-0.4, -0.2) is 18.1 Å². The van der Waals surface area contributed by atoms with Gasteiger partial charge < -0.3 is 10.1 Å². The molecule has 24 heavy (non-hydrogen) atoms. The van der Waals surface area contributed by atoms with Crippen molar-refractivity contribution >= 4 is 5.91 Å². The molecule has 0 fully saturated rings. The number of benzene rings is 2. The first-order valence-corrected chi connectivity index (χ1v) is 8.54. The lowest BCUT2D eigenvalue weighted by molar-refractivity contribution is -0.127. The minimum absolute atomic E-state index is 0.0727. The second-order valence-electron chi connectivity index (χ2n) is 6.46. The third-order valence-electron chi connectivity index (χ3n) is 4.11. The van der Waals surface area contributed by atoms with Gasteiger partial charge in [0.15, 0.2) is 6.10 Å². The summed E-state index contributed by atoms with van der Waals surface area (Å²) in [5.41, 5.74) is 3.45. The van der Waals surface area contributed by atoms with E-state index >= 15 is 0 Å². The highest BCUT2D eigenvalue weighted by Crippen LogP contribution is 2.20. The first-order chi connectivity index (χ1) is 11.5. The Bertz CT molecular complexity index is 667. The van der Waals surface area contributed by atoms with Gasteiger partial charge in [0.1, 0.15) is 5.75 Å². The predicted molar refractivity (Wildman–Crippen MR) is 98.4 cm³/mol. The van der Waals surface area contributed by atoms with Crippen molar-refractivity contribution in [3.63, 3.8) is 0 Å². The smallest absolute Gasteiger partial charge is 0.260 e. The maximum Gasteiger partial charge on any atom is 0.260 e. The summed E-state index contributed by atoms with van der Waals surface area (Å²) in [4.78, 5) is 12.3. The Morgan fingerprint density at radius 1 is 1.08 bits per heavy atom. The summed E-state index contributed by atoms with van der Waals surface area (Å²) < 4.78 is 5.84. The Morgan fingerprint density at radius 2 is 1.79 bits per heavy atom. The molecule has 0 radical (unpaired) electrons. The third-order valence-corrected chi connectivity index (χ3v) is 4.11. The quantitative estimate of drug-likeness (QED) is 0.828. The van der Waals surface area contributed by atoms with Crippen molar-refractivity contribution in [2.45, 2.75) is 52.7 Å². The van der Waals surface area contributed by atoms with Crippen LogP contribution in [0.4, 0.5) is 0 Å². The van der Waals surface area contributed by atoms with Crippen molar-refractivity contribution in [3.05, 3.63) is 65.2 Å². The summed E-state index contributed by atoms with van der Waals surface area (Å²) in [6.45, 7) is 7.83. The lowest BCUT2D eigenvalue weighted by Gasteiger charge is -2.20. The predicted octanol–water partition coefficient (Wildman–Crippen LogP) is 4.21. The molecule has 0 bridgehead atoms. The van der Waals surface area contributed by atoms with Crippen LogP contribution < -0.4 is 10.1 Å². The van der Waals surface area contributed by atoms with Gasteiger partial charge in [-0.2, -0.15) is 0 Å². The number of nitrogens with one attached hydrogen (secondary N) is 1. The number of ether oxygens (including phenoxy) is 1. The van der Waals surface area contributed by atoms with Crippen molar-refractivity contribution in [1.82, 2.24) is 5.32 Å². The standard InChI is InChI=1S/C21H27NO2/c1-15-10-11-16(2)20(14-15)24-18(4)21(23)22-17(3)12-13-19-8-6-5-7-9-19/h5-11,14,17-18H,12-13H2,1-4H3,(H,22,23)/t17-,18-/m1/s1. The second kappa shape index (κ2) is 8.53. The average molecular weight is 325 g/mol. The fraction of sp³-hybridized carbons (Fsp3) is 0.381. The Kier molecular flexibility index (Phi) is 6.42. The summed E-state index contributed by atoms with van der Waals surface area (Å²) in [7, 11) is 0. The highest BCUT2D eigenvalue weighted by atomic mass is 16.5. The van der Waals surface area contributed by atoms with E-state index in [2.05, 4.69) is 17.4 Å². The molecular weight excluding hydrogens is 298 g/mol. The van der Waals surface area contributed by atoms with Gasteiger partial charge in [0.05, 0.1) is 0 Å². The molecule has 0 saturated carbocycles. The molecule has 1 amide bonds. The first kappa shape index (κ1) is 18.1. The van der Waals surface area contributed by atoms with E-state index in [1.807, 2.05) is 57.2 Å². The zero-order valence-electron chi connectivity index (χ0n) is 15.0. The lowest BCUT2D eigenvalue weighted by atomic mass is 10.1. The molecule has 2 aromatic carbocycles. The highest BCUT2D eigenvalue weighted by molar-refractivity contribution is 5.81. The molecule has 2 atom stereocenters. The van der Waals surface area contributed by atoms with E-state index in [0.717, 1.165) is 29.7 Å². The molecule has 0 aliphatic heterocycles. The van der Waals surface area contributed by atoms with Crippen molar-refractivity contribution < 1.29 is 9.53 Å². The zero-order valence-corrected chi connectivity index (χ0v) is 15.0. The van der Waals surface area contributed by atoms with Crippen LogP contribution >= 0.6 is 0 Å². The van der Waals surface area contributed by atoms with Crippen LogP contribution in [0, 0.1) is 13.8 Å². The summed E-state index contributed by atoms with van der Waals surface area (Å²) in [5, 5.41) is 3.04. The van der Waals surface area contributed by atoms with E-state index in [1.165, 1.54) is 5.56 Å². The number of aryl methyl sites for hydroxylation is 3. The van der Waals surface area contributed by atoms with E-state index in [0.29, 0.717) is 0 Å². The molecule has 0 unspecified atom stereocenters. The van der Waals surface area contributed by atoms with Crippen LogP contribution in [0.5, 0.6) is 5.75 Å². The van der Waals surface area contributed by atoms with Crippen LogP contribution in [0.1, 0.15) is 37.0 Å². The normalized spacial score (nSPS) is 13.2. The number of rotatable bonds is 7. The van der Waals surface area contributed by atoms with Gasteiger partial charge in [-0.25, -0.2) is 0 Å². The van der Waals surface area contributed by atoms with Crippen molar-refractivity contribution in [3.8, 4) is 5.75 Å². The summed E-state index contributed by atoms with van der Waals surface area (Å²) in [6.07, 6.45) is 1.35. The number of amides is 1. The number of carbonyl (C=O) groups is 1. The Morgan fingerprint density at radius 3 is 2.50 bits per heavy atom. The topological polar surface area (TPSA) is 38.3 Å². The fourth-order valence-electron chi connectivity index (χ4n) is 2.54. The Balaban J connectivity index is 1.83. The molecule has 0 aliphatic carbocycles. The monoisotopic (exact) mass is 325 g/mol. The van der Waals surface area contributed by atoms with Crippen LogP contribution in [0.3, 0.4) is 0 Å². The van der Waals surface area contributed by atoms with E-state index in [1.54, 1.807) is 6.92 Å². The molecule has 0 saturated heterocycles. The number of hydrogen-bond acceptors (Lipinski definition) is 2. The molecule has 0 aromatic heterocycles. The molecule has 0 aliphatic rings. The Hall–Kier alpha value is -2.29. The maximum absolute atomic E-state index is 12.3. The van der Waals surface area contributed by atoms with Gasteiger partial charge in [0.2, 0.25) is 0 Å². The molecule has 3 heteroatoms. The highest BCUT2D eigenvalue weighted by Gasteiger charge is 2.17. The van der Waals surface area contributed by atoms with Crippen LogP contribution in [0.25, 0.3) is 0 Å². The van der Waals surface area contributed by atoms with Gasteiger partial charge in [-0.3, -0.25) is 4.79 Å². The largest absolute Gasteiger partial charge is 0.481 e. The summed E-state index contributed by atoms with van der Waals surface area (Å²) in [6, 6.07) is 16.5. The van der Waals surface area contributed by atoms with Crippen molar-refractivity contribution in [2.75, 3.05) is 0 Å². The maximum atomic E-state index is 12.3. The second-order valence-corrected chi connectivity index (χ2v) is 6.46. The van der Waals surface area contributed by atoms with Crippen LogP contribution in [-0.2, 0) is 11.2 Å². The average Bonchev–Trinajstić information content (AvgIpc) is 2.57. The van der Waals surface area contributed by atoms with E-state index in [-0.39, 0.29) is 11.9 Å². The van der Waals surface area contributed by atoms with Crippen LogP contribution in [0.15, 0.2) is 48.5 Å². The van der Waals surface area contributed by atoms with Gasteiger partial charge in [-0.15, -0.1) is 0 Å². The molecule has 1 N–H and O–H groups in total. The first-order valence-electron chi connectivity index (χ1n) is 8.54. The number of carbonyl (C=O) groups excluding carboxylic acids is 1. The fourth-order valence-corrected chi connectivity index (χ4v) is 2.54. The molecule has 3 nitrogen and oxygen atoms in total. The molecule has 2 aromatic rings. The van der Waals surface area contributed by atoms with Gasteiger partial charge in [-0.05, 0) is 63.3 Å². The lowest BCUT2D eigenvalue weighted by Crippen LogP contribution is -2.41. The van der Waals surface area contributed by atoms with Gasteiger partial charge in [0, 0.05) is 6.04 Å². The molecule has 2 rings (SSSR count). The van der Waals surface area contributed by atoms with E-state index in [9.17, 15) is 4.79 Å². The van der Waals surface area contributed by atoms with Crippen molar-refractivity contribution in [2.24, 2.45) is 0 Å². The molecular formula is C21H27NO2. The minimum Gasteiger partial charge on any atom is -0.481 e.